The Morgan fingerprint density at radius 2 is 2.36 bits per heavy atom. The molecule has 126 valence electrons. The normalized spacial score (nSPS) is 17.1. The highest BCUT2D eigenvalue weighted by atomic mass is 32.1. The van der Waals surface area contributed by atoms with Gasteiger partial charge in [-0.05, 0) is 42.4 Å². The molecule has 4 aromatic heterocycles. The highest BCUT2D eigenvalue weighted by Gasteiger charge is 2.24. The van der Waals surface area contributed by atoms with Crippen LogP contribution in [-0.2, 0) is 19.4 Å². The van der Waals surface area contributed by atoms with Crippen LogP contribution in [0.1, 0.15) is 29.3 Å². The van der Waals surface area contributed by atoms with E-state index in [1.54, 1.807) is 12.5 Å². The monoisotopic (exact) mass is 350 g/mol. The molecular weight excluding hydrogens is 332 g/mol. The molecule has 1 aliphatic carbocycles. The van der Waals surface area contributed by atoms with E-state index >= 15 is 0 Å². The molecule has 0 saturated carbocycles. The molecule has 1 aliphatic rings. The Bertz CT molecular complexity index is 1050. The lowest BCUT2D eigenvalue weighted by atomic mass is 9.89. The Balaban J connectivity index is 1.61. The van der Waals surface area contributed by atoms with Crippen molar-refractivity contribution >= 4 is 33.1 Å². The van der Waals surface area contributed by atoms with Gasteiger partial charge in [0, 0.05) is 23.8 Å². The van der Waals surface area contributed by atoms with Gasteiger partial charge in [-0.2, -0.15) is 9.61 Å². The van der Waals surface area contributed by atoms with Crippen LogP contribution in [0.2, 0.25) is 0 Å². The third kappa shape index (κ3) is 2.46. The average Bonchev–Trinajstić information content (AvgIpc) is 3.24. The van der Waals surface area contributed by atoms with E-state index in [4.69, 9.17) is 4.98 Å². The van der Waals surface area contributed by atoms with E-state index in [0.717, 1.165) is 40.7 Å². The smallest absolute Gasteiger partial charge is 0.227 e. The van der Waals surface area contributed by atoms with Crippen LogP contribution < -0.4 is 5.32 Å². The minimum Gasteiger partial charge on any atom is -0.350 e. The summed E-state index contributed by atoms with van der Waals surface area (Å²) in [6.45, 7) is 2.98. The molecule has 0 amide bonds. The van der Waals surface area contributed by atoms with Gasteiger partial charge in [-0.3, -0.25) is 4.98 Å². The fourth-order valence-electron chi connectivity index (χ4n) is 3.56. The molecular formula is C18H18N6S. The number of hydrogen-bond donors (Lipinski definition) is 1. The number of nitrogens with one attached hydrogen (secondary N) is 1. The van der Waals surface area contributed by atoms with Crippen LogP contribution in [0.5, 0.6) is 0 Å². The van der Waals surface area contributed by atoms with Crippen molar-refractivity contribution in [2.24, 2.45) is 5.92 Å². The van der Waals surface area contributed by atoms with Gasteiger partial charge in [0.1, 0.15) is 11.2 Å². The maximum absolute atomic E-state index is 4.87. The molecule has 0 bridgehead atoms. The summed E-state index contributed by atoms with van der Waals surface area (Å²) in [6.07, 6.45) is 8.77. The second-order valence-corrected chi connectivity index (χ2v) is 7.76. The molecule has 0 radical (unpaired) electrons. The highest BCUT2D eigenvalue weighted by Crippen LogP contribution is 2.39. The van der Waals surface area contributed by atoms with Crippen molar-refractivity contribution in [3.63, 3.8) is 0 Å². The summed E-state index contributed by atoms with van der Waals surface area (Å²) in [7, 11) is 0. The van der Waals surface area contributed by atoms with E-state index in [2.05, 4.69) is 27.3 Å². The minimum atomic E-state index is 0.656. The molecule has 1 N–H and O–H groups in total. The lowest BCUT2D eigenvalue weighted by Crippen LogP contribution is -2.10. The fraction of sp³-hybridized carbons (Fsp3) is 0.333. The summed E-state index contributed by atoms with van der Waals surface area (Å²) in [6, 6.07) is 3.98. The number of fused-ring (bicyclic) bond motifs is 5. The Labute approximate surface area is 149 Å². The maximum Gasteiger partial charge on any atom is 0.227 e. The van der Waals surface area contributed by atoms with Crippen molar-refractivity contribution in [1.82, 2.24) is 24.6 Å². The third-order valence-corrected chi connectivity index (χ3v) is 6.03. The quantitative estimate of drug-likeness (QED) is 0.613. The number of anilines is 1. The van der Waals surface area contributed by atoms with E-state index < -0.39 is 0 Å². The van der Waals surface area contributed by atoms with E-state index in [1.807, 2.05) is 34.2 Å². The summed E-state index contributed by atoms with van der Waals surface area (Å²) in [4.78, 5) is 16.1. The van der Waals surface area contributed by atoms with E-state index in [1.165, 1.54) is 22.2 Å². The Hall–Kier alpha value is -2.54. The molecule has 0 fully saturated rings. The Morgan fingerprint density at radius 3 is 3.24 bits per heavy atom. The van der Waals surface area contributed by atoms with Gasteiger partial charge in [-0.15, -0.1) is 11.3 Å². The summed E-state index contributed by atoms with van der Waals surface area (Å²) < 4.78 is 1.82. The van der Waals surface area contributed by atoms with Gasteiger partial charge in [-0.1, -0.05) is 13.0 Å². The molecule has 0 aromatic carbocycles. The lowest BCUT2D eigenvalue weighted by molar-refractivity contribution is 0.508. The molecule has 5 rings (SSSR count). The molecule has 0 aliphatic heterocycles. The summed E-state index contributed by atoms with van der Waals surface area (Å²) in [5, 5.41) is 8.98. The Kier molecular flexibility index (Phi) is 3.41. The van der Waals surface area contributed by atoms with Crippen molar-refractivity contribution < 1.29 is 0 Å². The summed E-state index contributed by atoms with van der Waals surface area (Å²) in [5.74, 6) is 1.45. The van der Waals surface area contributed by atoms with Crippen LogP contribution in [0.15, 0.2) is 30.9 Å². The van der Waals surface area contributed by atoms with Crippen molar-refractivity contribution in [3.8, 4) is 0 Å². The molecule has 0 saturated heterocycles. The van der Waals surface area contributed by atoms with E-state index in [9.17, 15) is 0 Å². The van der Waals surface area contributed by atoms with Crippen LogP contribution >= 0.6 is 11.3 Å². The molecule has 4 aromatic rings. The van der Waals surface area contributed by atoms with Gasteiger partial charge in [-0.25, -0.2) is 9.97 Å². The topological polar surface area (TPSA) is 68.0 Å². The predicted octanol–water partition coefficient (Wildman–Crippen LogP) is 3.47. The fourth-order valence-corrected chi connectivity index (χ4v) is 4.77. The standard InChI is InChI=1S/C18H18N6S/c1-11-4-5-14-13(7-11)15-16-21-10-22-24(16)18(23-17(15)25-14)20-9-12-3-2-6-19-8-12/h2-3,6,8,10-11H,4-5,7,9H2,1H3,(H,20,23)/t11-/m1/s1. The first-order valence-electron chi connectivity index (χ1n) is 8.56. The molecule has 0 spiro atoms. The molecule has 6 nitrogen and oxygen atoms in total. The van der Waals surface area contributed by atoms with Crippen LogP contribution in [0.25, 0.3) is 15.9 Å². The van der Waals surface area contributed by atoms with Crippen LogP contribution in [-0.4, -0.2) is 24.6 Å². The molecule has 7 heteroatoms. The van der Waals surface area contributed by atoms with E-state index in [-0.39, 0.29) is 0 Å². The average molecular weight is 350 g/mol. The molecule has 4 heterocycles. The number of pyridine rings is 1. The number of aryl methyl sites for hydroxylation is 1. The van der Waals surface area contributed by atoms with Crippen LogP contribution in [0.4, 0.5) is 5.95 Å². The van der Waals surface area contributed by atoms with Gasteiger partial charge in [0.25, 0.3) is 0 Å². The Morgan fingerprint density at radius 1 is 1.40 bits per heavy atom. The zero-order valence-electron chi connectivity index (χ0n) is 13.9. The number of nitrogens with zero attached hydrogens (tertiary/aromatic N) is 5. The summed E-state index contributed by atoms with van der Waals surface area (Å²) >= 11 is 1.81. The molecule has 0 unspecified atom stereocenters. The first-order valence-corrected chi connectivity index (χ1v) is 9.38. The SMILES string of the molecule is C[C@@H]1CCc2sc3nc(NCc4cccnc4)n4ncnc4c3c2C1. The lowest BCUT2D eigenvalue weighted by Gasteiger charge is -2.17. The number of rotatable bonds is 3. The van der Waals surface area contributed by atoms with E-state index in [0.29, 0.717) is 6.54 Å². The van der Waals surface area contributed by atoms with Crippen molar-refractivity contribution in [3.05, 3.63) is 46.9 Å². The summed E-state index contributed by atoms with van der Waals surface area (Å²) in [5.41, 5.74) is 3.45. The molecule has 25 heavy (non-hydrogen) atoms. The van der Waals surface area contributed by atoms with Gasteiger partial charge >= 0.3 is 0 Å². The van der Waals surface area contributed by atoms with Gasteiger partial charge < -0.3 is 5.32 Å². The zero-order valence-corrected chi connectivity index (χ0v) is 14.8. The van der Waals surface area contributed by atoms with Crippen LogP contribution in [0, 0.1) is 5.92 Å². The highest BCUT2D eigenvalue weighted by molar-refractivity contribution is 7.19. The second-order valence-electron chi connectivity index (χ2n) is 6.68. The predicted molar refractivity (Wildman–Crippen MR) is 98.9 cm³/mol. The van der Waals surface area contributed by atoms with Gasteiger partial charge in [0.2, 0.25) is 5.95 Å². The van der Waals surface area contributed by atoms with Gasteiger partial charge in [0.15, 0.2) is 5.65 Å². The maximum atomic E-state index is 4.87. The van der Waals surface area contributed by atoms with Crippen molar-refractivity contribution in [2.75, 3.05) is 5.32 Å². The van der Waals surface area contributed by atoms with Crippen molar-refractivity contribution in [1.29, 1.82) is 0 Å². The largest absolute Gasteiger partial charge is 0.350 e. The molecule has 1 atom stereocenters. The minimum absolute atomic E-state index is 0.656. The van der Waals surface area contributed by atoms with Crippen molar-refractivity contribution in [2.45, 2.75) is 32.7 Å². The second kappa shape index (κ2) is 5.77. The van der Waals surface area contributed by atoms with Gasteiger partial charge in [0.05, 0.1) is 5.39 Å². The number of hydrogen-bond acceptors (Lipinski definition) is 6. The first-order chi connectivity index (χ1) is 12.3. The number of aromatic nitrogens is 5. The zero-order chi connectivity index (χ0) is 16.8. The first kappa shape index (κ1) is 14.8. The third-order valence-electron chi connectivity index (χ3n) is 4.84. The van der Waals surface area contributed by atoms with Crippen LogP contribution in [0.3, 0.4) is 0 Å². The number of thiophene rings is 1.